The van der Waals surface area contributed by atoms with E-state index < -0.39 is 5.91 Å². The largest absolute Gasteiger partial charge is 0.366 e. The van der Waals surface area contributed by atoms with Gasteiger partial charge in [0.05, 0.1) is 11.9 Å². The Balaban J connectivity index is 2.14. The van der Waals surface area contributed by atoms with Crippen molar-refractivity contribution in [1.82, 2.24) is 4.98 Å². The van der Waals surface area contributed by atoms with Crippen LogP contribution in [0.2, 0.25) is 0 Å². The lowest BCUT2D eigenvalue weighted by Gasteiger charge is -2.05. The quantitative estimate of drug-likeness (QED) is 0.818. The molecule has 0 aliphatic carbocycles. The van der Waals surface area contributed by atoms with Crippen LogP contribution in [0.5, 0.6) is 0 Å². The zero-order valence-corrected chi connectivity index (χ0v) is 8.55. The maximum absolute atomic E-state index is 10.9. The summed E-state index contributed by atoms with van der Waals surface area (Å²) in [5.74, 6) is -0.423. The van der Waals surface area contributed by atoms with Crippen LogP contribution in [0.1, 0.15) is 10.4 Å². The summed E-state index contributed by atoms with van der Waals surface area (Å²) in [6.07, 6.45) is 3.43. The van der Waals surface area contributed by atoms with Crippen molar-refractivity contribution in [2.45, 2.75) is 0 Å². The first-order chi connectivity index (χ1) is 7.75. The third-order valence-corrected chi connectivity index (χ3v) is 2.12. The molecule has 0 saturated heterocycles. The van der Waals surface area contributed by atoms with Gasteiger partial charge in [0.2, 0.25) is 5.91 Å². The van der Waals surface area contributed by atoms with Crippen molar-refractivity contribution in [3.8, 4) is 0 Å². The molecular formula is C12H11N3O. The Morgan fingerprint density at radius 1 is 1.12 bits per heavy atom. The fraction of sp³-hybridized carbons (Fsp3) is 0. The number of primary amides is 1. The summed E-state index contributed by atoms with van der Waals surface area (Å²) in [7, 11) is 0. The van der Waals surface area contributed by atoms with E-state index in [4.69, 9.17) is 5.73 Å². The molecule has 0 saturated carbocycles. The van der Waals surface area contributed by atoms with E-state index in [0.29, 0.717) is 5.56 Å². The van der Waals surface area contributed by atoms with Crippen LogP contribution < -0.4 is 11.1 Å². The summed E-state index contributed by atoms with van der Waals surface area (Å²) >= 11 is 0. The van der Waals surface area contributed by atoms with Gasteiger partial charge in [-0.2, -0.15) is 0 Å². The lowest BCUT2D eigenvalue weighted by atomic mass is 10.2. The van der Waals surface area contributed by atoms with Gasteiger partial charge in [-0.1, -0.05) is 0 Å². The topological polar surface area (TPSA) is 68.0 Å². The highest BCUT2D eigenvalue weighted by molar-refractivity contribution is 5.93. The standard InChI is InChI=1S/C12H11N3O/c13-12(16)9-3-5-10(6-4-9)15-11-2-1-7-14-8-11/h1-8,15H,(H2,13,16). The van der Waals surface area contributed by atoms with Crippen molar-refractivity contribution in [2.75, 3.05) is 5.32 Å². The van der Waals surface area contributed by atoms with Crippen molar-refractivity contribution in [1.29, 1.82) is 0 Å². The molecule has 0 aliphatic rings. The molecule has 4 nitrogen and oxygen atoms in total. The van der Waals surface area contributed by atoms with Gasteiger partial charge in [0.25, 0.3) is 0 Å². The molecule has 1 aromatic carbocycles. The first kappa shape index (κ1) is 10.2. The van der Waals surface area contributed by atoms with E-state index in [2.05, 4.69) is 10.3 Å². The van der Waals surface area contributed by atoms with Crippen LogP contribution in [0.4, 0.5) is 11.4 Å². The molecule has 2 aromatic rings. The number of nitrogens with two attached hydrogens (primary N) is 1. The number of hydrogen-bond donors (Lipinski definition) is 2. The number of anilines is 2. The number of benzene rings is 1. The monoisotopic (exact) mass is 213 g/mol. The number of pyridine rings is 1. The van der Waals surface area contributed by atoms with Gasteiger partial charge < -0.3 is 11.1 Å². The average molecular weight is 213 g/mol. The Bertz CT molecular complexity index is 479. The van der Waals surface area contributed by atoms with Gasteiger partial charge in [0.15, 0.2) is 0 Å². The second-order valence-corrected chi connectivity index (χ2v) is 3.31. The van der Waals surface area contributed by atoms with Gasteiger partial charge in [-0.15, -0.1) is 0 Å². The lowest BCUT2D eigenvalue weighted by molar-refractivity contribution is 0.100. The highest BCUT2D eigenvalue weighted by Crippen LogP contribution is 2.15. The molecule has 0 bridgehead atoms. The van der Waals surface area contributed by atoms with Crippen molar-refractivity contribution in [3.63, 3.8) is 0 Å². The van der Waals surface area contributed by atoms with Crippen LogP contribution in [-0.4, -0.2) is 10.9 Å². The number of nitrogens with zero attached hydrogens (tertiary/aromatic N) is 1. The molecule has 1 amide bonds. The van der Waals surface area contributed by atoms with E-state index in [1.165, 1.54) is 0 Å². The Morgan fingerprint density at radius 3 is 2.44 bits per heavy atom. The molecule has 3 N–H and O–H groups in total. The maximum atomic E-state index is 10.9. The van der Waals surface area contributed by atoms with E-state index in [-0.39, 0.29) is 0 Å². The molecule has 4 heteroatoms. The zero-order valence-electron chi connectivity index (χ0n) is 8.55. The van der Waals surface area contributed by atoms with Crippen LogP contribution in [0, 0.1) is 0 Å². The number of amides is 1. The smallest absolute Gasteiger partial charge is 0.248 e. The number of rotatable bonds is 3. The molecule has 2 rings (SSSR count). The van der Waals surface area contributed by atoms with E-state index in [1.807, 2.05) is 12.1 Å². The van der Waals surface area contributed by atoms with Gasteiger partial charge in [-0.3, -0.25) is 9.78 Å². The van der Waals surface area contributed by atoms with Gasteiger partial charge in [-0.25, -0.2) is 0 Å². The molecule has 0 spiro atoms. The number of hydrogen-bond acceptors (Lipinski definition) is 3. The Morgan fingerprint density at radius 2 is 1.88 bits per heavy atom. The molecule has 1 heterocycles. The second kappa shape index (κ2) is 4.44. The van der Waals surface area contributed by atoms with E-state index >= 15 is 0 Å². The lowest BCUT2D eigenvalue weighted by Crippen LogP contribution is -2.10. The number of carbonyl (C=O) groups is 1. The predicted molar refractivity (Wildman–Crippen MR) is 62.5 cm³/mol. The SMILES string of the molecule is NC(=O)c1ccc(Nc2cccnc2)cc1. The van der Waals surface area contributed by atoms with Crippen LogP contribution >= 0.6 is 0 Å². The summed E-state index contributed by atoms with van der Waals surface area (Å²) in [6.45, 7) is 0. The summed E-state index contributed by atoms with van der Waals surface area (Å²) in [5, 5.41) is 3.16. The number of nitrogens with one attached hydrogen (secondary N) is 1. The molecule has 0 unspecified atom stereocenters. The van der Waals surface area contributed by atoms with Gasteiger partial charge in [0, 0.05) is 17.4 Å². The first-order valence-corrected chi connectivity index (χ1v) is 4.82. The van der Waals surface area contributed by atoms with Gasteiger partial charge in [-0.05, 0) is 36.4 Å². The highest BCUT2D eigenvalue weighted by Gasteiger charge is 1.99. The van der Waals surface area contributed by atoms with E-state index in [1.54, 1.807) is 36.7 Å². The molecule has 1 aromatic heterocycles. The number of carbonyl (C=O) groups excluding carboxylic acids is 1. The summed E-state index contributed by atoms with van der Waals surface area (Å²) in [5.41, 5.74) is 7.43. The third-order valence-electron chi connectivity index (χ3n) is 2.12. The van der Waals surface area contributed by atoms with E-state index in [9.17, 15) is 4.79 Å². The van der Waals surface area contributed by atoms with Crippen molar-refractivity contribution < 1.29 is 4.79 Å². The van der Waals surface area contributed by atoms with Gasteiger partial charge in [0.1, 0.15) is 0 Å². The fourth-order valence-electron chi connectivity index (χ4n) is 1.32. The Kier molecular flexibility index (Phi) is 2.82. The molecule has 80 valence electrons. The third kappa shape index (κ3) is 2.36. The average Bonchev–Trinajstić information content (AvgIpc) is 2.31. The predicted octanol–water partition coefficient (Wildman–Crippen LogP) is 1.92. The van der Waals surface area contributed by atoms with E-state index in [0.717, 1.165) is 11.4 Å². The first-order valence-electron chi connectivity index (χ1n) is 4.82. The molecule has 0 aliphatic heterocycles. The normalized spacial score (nSPS) is 9.75. The van der Waals surface area contributed by atoms with Crippen molar-refractivity contribution in [2.24, 2.45) is 5.73 Å². The van der Waals surface area contributed by atoms with Crippen LogP contribution in [0.3, 0.4) is 0 Å². The summed E-state index contributed by atoms with van der Waals surface area (Å²) in [4.78, 5) is 14.9. The molecule has 0 atom stereocenters. The minimum atomic E-state index is -0.423. The van der Waals surface area contributed by atoms with Crippen LogP contribution in [0.25, 0.3) is 0 Å². The number of aromatic nitrogens is 1. The van der Waals surface area contributed by atoms with Crippen LogP contribution in [-0.2, 0) is 0 Å². The van der Waals surface area contributed by atoms with Crippen molar-refractivity contribution in [3.05, 3.63) is 54.4 Å². The van der Waals surface area contributed by atoms with Crippen LogP contribution in [0.15, 0.2) is 48.8 Å². The summed E-state index contributed by atoms with van der Waals surface area (Å²) in [6, 6.07) is 10.7. The summed E-state index contributed by atoms with van der Waals surface area (Å²) < 4.78 is 0. The molecular weight excluding hydrogens is 202 g/mol. The fourth-order valence-corrected chi connectivity index (χ4v) is 1.32. The van der Waals surface area contributed by atoms with Crippen molar-refractivity contribution >= 4 is 17.3 Å². The maximum Gasteiger partial charge on any atom is 0.248 e. The highest BCUT2D eigenvalue weighted by atomic mass is 16.1. The molecule has 0 radical (unpaired) electrons. The minimum Gasteiger partial charge on any atom is -0.366 e. The molecule has 0 fully saturated rings. The zero-order chi connectivity index (χ0) is 11.4. The Labute approximate surface area is 93.1 Å². The molecule has 16 heavy (non-hydrogen) atoms. The minimum absolute atomic E-state index is 0.423. The second-order valence-electron chi connectivity index (χ2n) is 3.31. The Hall–Kier alpha value is -2.36. The van der Waals surface area contributed by atoms with Gasteiger partial charge >= 0.3 is 0 Å².